The number of phenols is 1. The van der Waals surface area contributed by atoms with E-state index in [2.05, 4.69) is 40.8 Å². The molecule has 37 heavy (non-hydrogen) atoms. The number of aromatic hydroxyl groups is 1. The number of nitrogens with one attached hydrogen (secondary N) is 4. The van der Waals surface area contributed by atoms with Crippen LogP contribution in [0, 0.1) is 11.7 Å². The molecule has 1 atom stereocenters. The van der Waals surface area contributed by atoms with Crippen molar-refractivity contribution in [2.45, 2.75) is 32.5 Å². The van der Waals surface area contributed by atoms with Crippen LogP contribution in [0.25, 0.3) is 33.9 Å². The Balaban J connectivity index is 1.67. The Bertz CT molecular complexity index is 1430. The van der Waals surface area contributed by atoms with E-state index < -0.39 is 24.2 Å². The van der Waals surface area contributed by atoms with Crippen LogP contribution in [0.3, 0.4) is 0 Å². The molecule has 4 heterocycles. The lowest BCUT2D eigenvalue weighted by atomic mass is 10.0. The second kappa shape index (κ2) is 9.59. The van der Waals surface area contributed by atoms with Crippen LogP contribution in [0.1, 0.15) is 23.9 Å². The molecular formula is C23H24F4N8O2. The van der Waals surface area contributed by atoms with Crippen molar-refractivity contribution in [1.29, 1.82) is 0 Å². The number of hydrogen-bond donors (Lipinski definition) is 6. The van der Waals surface area contributed by atoms with Crippen molar-refractivity contribution in [3.05, 3.63) is 34.9 Å². The highest BCUT2D eigenvalue weighted by atomic mass is 19.4. The molecule has 4 aromatic rings. The zero-order chi connectivity index (χ0) is 26.3. The second-order valence-corrected chi connectivity index (χ2v) is 9.05. The average molecular weight is 520 g/mol. The van der Waals surface area contributed by atoms with E-state index in [1.54, 1.807) is 6.92 Å². The number of aromatic nitrogens is 6. The fourth-order valence-corrected chi connectivity index (χ4v) is 4.19. The molecule has 0 radical (unpaired) electrons. The lowest BCUT2D eigenvalue weighted by molar-refractivity contribution is -0.127. The van der Waals surface area contributed by atoms with Crippen LogP contribution in [0.15, 0.2) is 12.1 Å². The summed E-state index contributed by atoms with van der Waals surface area (Å²) >= 11 is 0. The van der Waals surface area contributed by atoms with E-state index >= 15 is 0 Å². The maximum Gasteiger partial charge on any atom is 0.393 e. The smallest absolute Gasteiger partial charge is 0.393 e. The SMILES string of the molecule is CC(CO)CNc1nc(-c2cc(F)c(O)cc2CC(F)(F)F)nc2n[nH]c(-c3nc4c([nH]3)CNCC4)c12. The fraction of sp³-hybridized carbons (Fsp3) is 0.391. The van der Waals surface area contributed by atoms with E-state index in [4.69, 9.17) is 0 Å². The van der Waals surface area contributed by atoms with Crippen LogP contribution in [-0.2, 0) is 19.4 Å². The van der Waals surface area contributed by atoms with E-state index in [0.717, 1.165) is 36.5 Å². The maximum absolute atomic E-state index is 14.3. The van der Waals surface area contributed by atoms with E-state index in [9.17, 15) is 27.8 Å². The molecule has 10 nitrogen and oxygen atoms in total. The summed E-state index contributed by atoms with van der Waals surface area (Å²) in [6.07, 6.45) is -5.29. The van der Waals surface area contributed by atoms with E-state index in [1.165, 1.54) is 0 Å². The Hall–Kier alpha value is -3.78. The molecule has 1 unspecified atom stereocenters. The standard InChI is InChI=1S/C23H24F4N8O2/c1-10(9-36)7-29-20-17-18(22-30-14-2-3-28-8-15(14)31-22)34-35-21(17)33-19(32-20)12-5-13(24)16(37)4-11(12)6-23(25,26)27/h4-5,10,28,36-37H,2-3,6-9H2,1H3,(H,30,31)(H2,29,32,33,34,35). The van der Waals surface area contributed by atoms with Gasteiger partial charge in [-0.25, -0.2) is 19.3 Å². The highest BCUT2D eigenvalue weighted by molar-refractivity contribution is 5.98. The minimum Gasteiger partial charge on any atom is -0.505 e. The first-order chi connectivity index (χ1) is 17.6. The van der Waals surface area contributed by atoms with Crippen molar-refractivity contribution in [3.8, 4) is 28.7 Å². The molecule has 1 aliphatic rings. The first-order valence-corrected chi connectivity index (χ1v) is 11.6. The van der Waals surface area contributed by atoms with Gasteiger partial charge in [0.15, 0.2) is 28.9 Å². The van der Waals surface area contributed by atoms with Gasteiger partial charge in [-0.3, -0.25) is 5.10 Å². The lowest BCUT2D eigenvalue weighted by Gasteiger charge is -2.15. The van der Waals surface area contributed by atoms with E-state index in [-0.39, 0.29) is 47.5 Å². The van der Waals surface area contributed by atoms with Gasteiger partial charge in [0, 0.05) is 38.2 Å². The summed E-state index contributed by atoms with van der Waals surface area (Å²) in [5, 5.41) is 33.1. The predicted molar refractivity (Wildman–Crippen MR) is 126 cm³/mol. The molecule has 196 valence electrons. The highest BCUT2D eigenvalue weighted by Crippen LogP contribution is 2.36. The number of anilines is 1. The molecule has 6 N–H and O–H groups in total. The van der Waals surface area contributed by atoms with E-state index in [0.29, 0.717) is 23.4 Å². The summed E-state index contributed by atoms with van der Waals surface area (Å²) < 4.78 is 54.0. The Kier molecular flexibility index (Phi) is 6.45. The Morgan fingerprint density at radius 1 is 1.19 bits per heavy atom. The lowest BCUT2D eigenvalue weighted by Crippen LogP contribution is -2.23. The average Bonchev–Trinajstić information content (AvgIpc) is 3.47. The summed E-state index contributed by atoms with van der Waals surface area (Å²) in [7, 11) is 0. The van der Waals surface area contributed by atoms with Crippen molar-refractivity contribution in [2.75, 3.05) is 25.0 Å². The van der Waals surface area contributed by atoms with Gasteiger partial charge in [-0.15, -0.1) is 0 Å². The molecule has 14 heteroatoms. The molecule has 5 rings (SSSR count). The molecule has 0 bridgehead atoms. The molecule has 0 aliphatic carbocycles. The van der Waals surface area contributed by atoms with Gasteiger partial charge in [0.2, 0.25) is 0 Å². The topological polar surface area (TPSA) is 148 Å². The second-order valence-electron chi connectivity index (χ2n) is 9.05. The number of aliphatic hydroxyl groups is 1. The number of halogens is 4. The number of imidazole rings is 1. The van der Waals surface area contributed by atoms with Gasteiger partial charge in [-0.1, -0.05) is 6.92 Å². The van der Waals surface area contributed by atoms with Gasteiger partial charge in [0.05, 0.1) is 23.2 Å². The van der Waals surface area contributed by atoms with Crippen molar-refractivity contribution in [1.82, 2.24) is 35.5 Å². The normalized spacial score (nSPS) is 14.6. The third-order valence-corrected chi connectivity index (χ3v) is 6.09. The number of benzene rings is 1. The monoisotopic (exact) mass is 520 g/mol. The maximum atomic E-state index is 14.3. The van der Waals surface area contributed by atoms with Gasteiger partial charge in [-0.2, -0.15) is 18.3 Å². The predicted octanol–water partition coefficient (Wildman–Crippen LogP) is 3.05. The number of fused-ring (bicyclic) bond motifs is 2. The van der Waals surface area contributed by atoms with E-state index in [1.807, 2.05) is 0 Å². The van der Waals surface area contributed by atoms with Gasteiger partial charge < -0.3 is 25.8 Å². The third kappa shape index (κ3) is 5.06. The summed E-state index contributed by atoms with van der Waals surface area (Å²) in [6, 6.07) is 1.50. The molecule has 0 saturated heterocycles. The number of rotatable bonds is 7. The number of aliphatic hydroxyl groups excluding tert-OH is 1. The highest BCUT2D eigenvalue weighted by Gasteiger charge is 2.31. The molecule has 3 aromatic heterocycles. The van der Waals surface area contributed by atoms with Crippen molar-refractivity contribution < 1.29 is 27.8 Å². The Morgan fingerprint density at radius 2 is 2.00 bits per heavy atom. The number of nitrogens with zero attached hydrogens (tertiary/aromatic N) is 4. The number of hydrogen-bond acceptors (Lipinski definition) is 8. The van der Waals surface area contributed by atoms with Gasteiger partial charge >= 0.3 is 6.18 Å². The van der Waals surface area contributed by atoms with Crippen LogP contribution >= 0.6 is 0 Å². The number of H-pyrrole nitrogens is 2. The van der Waals surface area contributed by atoms with Gasteiger partial charge in [-0.05, 0) is 23.6 Å². The zero-order valence-electron chi connectivity index (χ0n) is 19.7. The van der Waals surface area contributed by atoms with Crippen LogP contribution in [0.5, 0.6) is 5.75 Å². The van der Waals surface area contributed by atoms with Crippen molar-refractivity contribution in [3.63, 3.8) is 0 Å². The minimum absolute atomic E-state index is 0.108. The molecule has 1 aliphatic heterocycles. The first-order valence-electron chi connectivity index (χ1n) is 11.6. The molecule has 0 saturated carbocycles. The summed E-state index contributed by atoms with van der Waals surface area (Å²) in [6.45, 7) is 3.39. The van der Waals surface area contributed by atoms with Crippen LogP contribution in [0.4, 0.5) is 23.4 Å². The molecule has 0 amide bonds. The Morgan fingerprint density at radius 3 is 2.73 bits per heavy atom. The number of alkyl halides is 3. The molecular weight excluding hydrogens is 496 g/mol. The number of aromatic amines is 2. The van der Waals surface area contributed by atoms with Crippen LogP contribution in [-0.4, -0.2) is 66.2 Å². The quantitative estimate of drug-likeness (QED) is 0.204. The fourth-order valence-electron chi connectivity index (χ4n) is 4.19. The summed E-state index contributed by atoms with van der Waals surface area (Å²) in [4.78, 5) is 16.7. The minimum atomic E-state index is -4.62. The van der Waals surface area contributed by atoms with Crippen LogP contribution < -0.4 is 10.6 Å². The Labute approximate surface area is 207 Å². The third-order valence-electron chi connectivity index (χ3n) is 6.09. The van der Waals surface area contributed by atoms with Crippen molar-refractivity contribution >= 4 is 16.9 Å². The largest absolute Gasteiger partial charge is 0.505 e. The summed E-state index contributed by atoms with van der Waals surface area (Å²) in [5.74, 6) is -1.66. The summed E-state index contributed by atoms with van der Waals surface area (Å²) in [5.41, 5.74) is 1.83. The molecule has 1 aromatic carbocycles. The van der Waals surface area contributed by atoms with Crippen LogP contribution in [0.2, 0.25) is 0 Å². The zero-order valence-corrected chi connectivity index (χ0v) is 19.7. The van der Waals surface area contributed by atoms with Gasteiger partial charge in [0.25, 0.3) is 0 Å². The molecule has 0 fully saturated rings. The first kappa shape index (κ1) is 24.9. The number of phenolic OH excluding ortho intramolecular Hbond substituents is 1. The van der Waals surface area contributed by atoms with Crippen molar-refractivity contribution in [2.24, 2.45) is 5.92 Å². The molecule has 0 spiro atoms. The van der Waals surface area contributed by atoms with Gasteiger partial charge in [0.1, 0.15) is 11.5 Å².